The van der Waals surface area contributed by atoms with Crippen LogP contribution in [0, 0.1) is 5.92 Å². The van der Waals surface area contributed by atoms with Crippen molar-refractivity contribution in [1.82, 2.24) is 20.8 Å². The molecule has 0 saturated heterocycles. The smallest absolute Gasteiger partial charge is 0.226 e. The van der Waals surface area contributed by atoms with E-state index in [1.54, 1.807) is 0 Å². The molecule has 24 heavy (non-hydrogen) atoms. The van der Waals surface area contributed by atoms with E-state index in [9.17, 15) is 0 Å². The van der Waals surface area contributed by atoms with Crippen molar-refractivity contribution in [2.45, 2.75) is 79.2 Å². The van der Waals surface area contributed by atoms with Crippen LogP contribution in [0.3, 0.4) is 0 Å². The molecule has 1 aromatic rings. The SMILES string of the molecule is CCNC(=NCCCc1nc(C(C)C)no1)NC(C)CCC(C)C. The largest absolute Gasteiger partial charge is 0.357 e. The lowest BCUT2D eigenvalue weighted by Crippen LogP contribution is -2.42. The third-order valence-electron chi connectivity index (χ3n) is 3.72. The monoisotopic (exact) mass is 337 g/mol. The molecule has 0 aliphatic rings. The van der Waals surface area contributed by atoms with Gasteiger partial charge in [-0.15, -0.1) is 0 Å². The van der Waals surface area contributed by atoms with Crippen LogP contribution < -0.4 is 10.6 Å². The Morgan fingerprint density at radius 2 is 1.92 bits per heavy atom. The maximum Gasteiger partial charge on any atom is 0.226 e. The predicted molar refractivity (Wildman–Crippen MR) is 99.4 cm³/mol. The molecule has 0 fully saturated rings. The minimum Gasteiger partial charge on any atom is -0.357 e. The summed E-state index contributed by atoms with van der Waals surface area (Å²) in [6, 6.07) is 0.426. The van der Waals surface area contributed by atoms with Crippen molar-refractivity contribution in [2.75, 3.05) is 13.1 Å². The van der Waals surface area contributed by atoms with E-state index >= 15 is 0 Å². The van der Waals surface area contributed by atoms with Crippen molar-refractivity contribution >= 4 is 5.96 Å². The van der Waals surface area contributed by atoms with Crippen LogP contribution in [0.15, 0.2) is 9.52 Å². The summed E-state index contributed by atoms with van der Waals surface area (Å²) >= 11 is 0. The molecule has 1 rings (SSSR count). The Balaban J connectivity index is 2.38. The minimum absolute atomic E-state index is 0.303. The second-order valence-electron chi connectivity index (χ2n) is 7.08. The van der Waals surface area contributed by atoms with Crippen LogP contribution in [-0.4, -0.2) is 35.2 Å². The van der Waals surface area contributed by atoms with Crippen LogP contribution in [0.5, 0.6) is 0 Å². The van der Waals surface area contributed by atoms with E-state index in [0.29, 0.717) is 17.9 Å². The van der Waals surface area contributed by atoms with Gasteiger partial charge in [-0.3, -0.25) is 4.99 Å². The maximum atomic E-state index is 5.26. The molecule has 0 aromatic carbocycles. The average Bonchev–Trinajstić information content (AvgIpc) is 2.99. The van der Waals surface area contributed by atoms with E-state index in [1.165, 1.54) is 6.42 Å². The standard InChI is InChI=1S/C18H35N5O/c1-7-19-18(21-15(6)11-10-13(2)3)20-12-8-9-16-22-17(14(4)5)23-24-16/h13-15H,7-12H2,1-6H3,(H2,19,20,21). The highest BCUT2D eigenvalue weighted by Gasteiger charge is 2.09. The summed E-state index contributed by atoms with van der Waals surface area (Å²) in [6.07, 6.45) is 4.05. The summed E-state index contributed by atoms with van der Waals surface area (Å²) in [7, 11) is 0. The van der Waals surface area contributed by atoms with Crippen molar-refractivity contribution in [2.24, 2.45) is 10.9 Å². The van der Waals surface area contributed by atoms with Crippen molar-refractivity contribution < 1.29 is 4.52 Å². The highest BCUT2D eigenvalue weighted by atomic mass is 16.5. The van der Waals surface area contributed by atoms with Gasteiger partial charge in [0, 0.05) is 31.5 Å². The van der Waals surface area contributed by atoms with Crippen LogP contribution in [0.1, 0.15) is 78.4 Å². The molecule has 0 aliphatic heterocycles. The molecule has 0 amide bonds. The average molecular weight is 338 g/mol. The fraction of sp³-hybridized carbons (Fsp3) is 0.833. The molecule has 1 unspecified atom stereocenters. The van der Waals surface area contributed by atoms with Gasteiger partial charge in [0.15, 0.2) is 11.8 Å². The van der Waals surface area contributed by atoms with Gasteiger partial charge < -0.3 is 15.2 Å². The Labute approximate surface area is 146 Å². The van der Waals surface area contributed by atoms with Crippen LogP contribution in [0.2, 0.25) is 0 Å². The van der Waals surface area contributed by atoms with Crippen LogP contribution in [0.4, 0.5) is 0 Å². The van der Waals surface area contributed by atoms with Gasteiger partial charge in [-0.2, -0.15) is 4.98 Å². The molecular formula is C18H35N5O. The Morgan fingerprint density at radius 3 is 2.50 bits per heavy atom. The molecule has 1 aromatic heterocycles. The van der Waals surface area contributed by atoms with E-state index in [1.807, 2.05) is 0 Å². The zero-order valence-electron chi connectivity index (χ0n) is 16.2. The van der Waals surface area contributed by atoms with Crippen molar-refractivity contribution in [3.8, 4) is 0 Å². The Bertz CT molecular complexity index is 482. The highest BCUT2D eigenvalue weighted by Crippen LogP contribution is 2.10. The third-order valence-corrected chi connectivity index (χ3v) is 3.72. The number of hydrogen-bond donors (Lipinski definition) is 2. The molecule has 138 valence electrons. The lowest BCUT2D eigenvalue weighted by molar-refractivity contribution is 0.369. The fourth-order valence-electron chi connectivity index (χ4n) is 2.23. The van der Waals surface area contributed by atoms with E-state index in [2.05, 4.69) is 67.3 Å². The number of nitrogens with one attached hydrogen (secondary N) is 2. The van der Waals surface area contributed by atoms with Crippen molar-refractivity contribution in [1.29, 1.82) is 0 Å². The molecular weight excluding hydrogens is 302 g/mol. The summed E-state index contributed by atoms with van der Waals surface area (Å²) in [5, 5.41) is 10.8. The summed E-state index contributed by atoms with van der Waals surface area (Å²) < 4.78 is 5.26. The molecule has 1 atom stereocenters. The lowest BCUT2D eigenvalue weighted by Gasteiger charge is -2.18. The summed E-state index contributed by atoms with van der Waals surface area (Å²) in [6.45, 7) is 14.5. The summed E-state index contributed by atoms with van der Waals surface area (Å²) in [5.74, 6) is 3.41. The van der Waals surface area contributed by atoms with Crippen LogP contribution in [-0.2, 0) is 6.42 Å². The first-order valence-electron chi connectivity index (χ1n) is 9.29. The van der Waals surface area contributed by atoms with Crippen LogP contribution >= 0.6 is 0 Å². The van der Waals surface area contributed by atoms with Gasteiger partial charge in [-0.1, -0.05) is 32.9 Å². The number of aliphatic imine (C=N–C) groups is 1. The van der Waals surface area contributed by atoms with E-state index in [4.69, 9.17) is 4.52 Å². The van der Waals surface area contributed by atoms with Crippen molar-refractivity contribution in [3.63, 3.8) is 0 Å². The number of aryl methyl sites for hydroxylation is 1. The molecule has 0 saturated carbocycles. The van der Waals surface area contributed by atoms with E-state index in [-0.39, 0.29) is 0 Å². The minimum atomic E-state index is 0.303. The fourth-order valence-corrected chi connectivity index (χ4v) is 2.23. The highest BCUT2D eigenvalue weighted by molar-refractivity contribution is 5.80. The number of aromatic nitrogens is 2. The molecule has 0 radical (unpaired) electrons. The van der Waals surface area contributed by atoms with Crippen LogP contribution in [0.25, 0.3) is 0 Å². The first-order valence-corrected chi connectivity index (χ1v) is 9.29. The van der Waals surface area contributed by atoms with Gasteiger partial charge in [-0.25, -0.2) is 0 Å². The second kappa shape index (κ2) is 11.0. The zero-order valence-corrected chi connectivity index (χ0v) is 16.2. The van der Waals surface area contributed by atoms with Gasteiger partial charge in [0.1, 0.15) is 0 Å². The Kier molecular flexibility index (Phi) is 9.42. The van der Waals surface area contributed by atoms with Gasteiger partial charge in [-0.05, 0) is 39.0 Å². The zero-order chi connectivity index (χ0) is 17.9. The molecule has 6 nitrogen and oxygen atoms in total. The molecule has 0 aliphatic carbocycles. The van der Waals surface area contributed by atoms with Gasteiger partial charge >= 0.3 is 0 Å². The lowest BCUT2D eigenvalue weighted by atomic mass is 10.0. The summed E-state index contributed by atoms with van der Waals surface area (Å²) in [4.78, 5) is 9.04. The first-order chi connectivity index (χ1) is 11.4. The van der Waals surface area contributed by atoms with Gasteiger partial charge in [0.25, 0.3) is 0 Å². The summed E-state index contributed by atoms with van der Waals surface area (Å²) in [5.41, 5.74) is 0. The number of nitrogens with zero attached hydrogens (tertiary/aromatic N) is 3. The molecule has 0 bridgehead atoms. The quantitative estimate of drug-likeness (QED) is 0.388. The second-order valence-corrected chi connectivity index (χ2v) is 7.08. The van der Waals surface area contributed by atoms with E-state index < -0.39 is 0 Å². The van der Waals surface area contributed by atoms with Gasteiger partial charge in [0.05, 0.1) is 0 Å². The predicted octanol–water partition coefficient (Wildman–Crippen LogP) is 3.51. The van der Waals surface area contributed by atoms with Gasteiger partial charge in [0.2, 0.25) is 5.89 Å². The topological polar surface area (TPSA) is 75.3 Å². The molecule has 2 N–H and O–H groups in total. The third kappa shape index (κ3) is 8.31. The molecule has 6 heteroatoms. The number of rotatable bonds is 10. The number of hydrogen-bond acceptors (Lipinski definition) is 4. The van der Waals surface area contributed by atoms with E-state index in [0.717, 1.165) is 50.1 Å². The Hall–Kier alpha value is -1.59. The molecule has 1 heterocycles. The normalized spacial score (nSPS) is 13.6. The van der Waals surface area contributed by atoms with Crippen molar-refractivity contribution in [3.05, 3.63) is 11.7 Å². The Morgan fingerprint density at radius 1 is 1.17 bits per heavy atom. The first kappa shape index (κ1) is 20.5. The maximum absolute atomic E-state index is 5.26. The molecule has 0 spiro atoms. The number of guanidine groups is 1.